The highest BCUT2D eigenvalue weighted by Crippen LogP contribution is 2.42. The van der Waals surface area contributed by atoms with E-state index < -0.39 is 5.97 Å². The van der Waals surface area contributed by atoms with Crippen LogP contribution >= 0.6 is 11.3 Å². The summed E-state index contributed by atoms with van der Waals surface area (Å²) in [6, 6.07) is 8.74. The monoisotopic (exact) mass is 403 g/mol. The topological polar surface area (TPSA) is 50.2 Å². The lowest BCUT2D eigenvalue weighted by molar-refractivity contribution is -0.137. The summed E-state index contributed by atoms with van der Waals surface area (Å²) in [6.07, 6.45) is 12.1. The van der Waals surface area contributed by atoms with Crippen LogP contribution < -0.4 is 0 Å². The first-order chi connectivity index (χ1) is 14.0. The van der Waals surface area contributed by atoms with Gasteiger partial charge in [-0.15, -0.1) is 11.3 Å². The predicted molar refractivity (Wildman–Crippen MR) is 122 cm³/mol. The van der Waals surface area contributed by atoms with Gasteiger partial charge in [0.1, 0.15) is 4.83 Å². The van der Waals surface area contributed by atoms with Crippen molar-refractivity contribution in [2.75, 3.05) is 0 Å². The highest BCUT2D eigenvalue weighted by molar-refractivity contribution is 7.19. The molecule has 2 aromatic heterocycles. The number of aryl methyl sites for hydroxylation is 2. The summed E-state index contributed by atoms with van der Waals surface area (Å²) in [5.74, 6) is -0.726. The fourth-order valence-electron chi connectivity index (χ4n) is 4.02. The molecule has 3 nitrogen and oxygen atoms in total. The van der Waals surface area contributed by atoms with Gasteiger partial charge >= 0.3 is 5.97 Å². The van der Waals surface area contributed by atoms with Crippen molar-refractivity contribution in [3.63, 3.8) is 0 Å². The van der Waals surface area contributed by atoms with Gasteiger partial charge in [0.15, 0.2) is 0 Å². The van der Waals surface area contributed by atoms with Gasteiger partial charge in [-0.2, -0.15) is 0 Å². The average molecular weight is 404 g/mol. The second-order valence-corrected chi connectivity index (χ2v) is 8.66. The Balaban J connectivity index is 1.89. The maximum absolute atomic E-state index is 10.9. The number of aliphatic carboxylic acids is 1. The van der Waals surface area contributed by atoms with Gasteiger partial charge < -0.3 is 5.11 Å². The Morgan fingerprint density at radius 2 is 1.93 bits per heavy atom. The normalized spacial score (nSPS) is 12.9. The fraction of sp³-hybridized carbons (Fsp3) is 0.280. The molecule has 29 heavy (non-hydrogen) atoms. The van der Waals surface area contributed by atoms with E-state index >= 15 is 0 Å². The maximum atomic E-state index is 10.9. The van der Waals surface area contributed by atoms with Gasteiger partial charge in [-0.25, -0.2) is 4.98 Å². The summed E-state index contributed by atoms with van der Waals surface area (Å²) in [6.45, 7) is 4.19. The quantitative estimate of drug-likeness (QED) is 0.478. The number of carboxylic acids is 1. The Bertz CT molecular complexity index is 1120. The van der Waals surface area contributed by atoms with E-state index in [0.29, 0.717) is 6.42 Å². The lowest BCUT2D eigenvalue weighted by Crippen LogP contribution is -2.01. The Labute approximate surface area is 175 Å². The molecule has 1 aliphatic carbocycles. The summed E-state index contributed by atoms with van der Waals surface area (Å²) in [5.41, 5.74) is 7.41. The van der Waals surface area contributed by atoms with Crippen LogP contribution in [0.5, 0.6) is 0 Å². The van der Waals surface area contributed by atoms with Crippen molar-refractivity contribution in [2.24, 2.45) is 0 Å². The molecule has 0 atom stereocenters. The lowest BCUT2D eigenvalue weighted by Gasteiger charge is -2.16. The van der Waals surface area contributed by atoms with E-state index in [0.717, 1.165) is 29.8 Å². The molecule has 0 unspecified atom stereocenters. The molecule has 1 N–H and O–H groups in total. The van der Waals surface area contributed by atoms with Crippen LogP contribution in [0.1, 0.15) is 46.5 Å². The van der Waals surface area contributed by atoms with Gasteiger partial charge in [-0.3, -0.25) is 4.79 Å². The first-order valence-corrected chi connectivity index (χ1v) is 10.9. The molecule has 1 aliphatic rings. The van der Waals surface area contributed by atoms with Gasteiger partial charge in [0, 0.05) is 22.4 Å². The molecule has 0 aliphatic heterocycles. The SMILES string of the molecule is Cc1ccc(-c2c(CCCCC(=O)O)c(C)nc3sc4c(c23)CC=CC=C4)cc1. The molecule has 0 amide bonds. The third kappa shape index (κ3) is 4.03. The van der Waals surface area contributed by atoms with Gasteiger partial charge in [-0.1, -0.05) is 48.1 Å². The van der Waals surface area contributed by atoms with Crippen LogP contribution in [0.3, 0.4) is 0 Å². The first-order valence-electron chi connectivity index (χ1n) is 10.1. The highest BCUT2D eigenvalue weighted by atomic mass is 32.1. The number of fused-ring (bicyclic) bond motifs is 3. The lowest BCUT2D eigenvalue weighted by atomic mass is 9.90. The van der Waals surface area contributed by atoms with Crippen LogP contribution in [0, 0.1) is 13.8 Å². The van der Waals surface area contributed by atoms with Gasteiger partial charge in [-0.05, 0) is 67.9 Å². The second kappa shape index (κ2) is 8.34. The highest BCUT2D eigenvalue weighted by Gasteiger charge is 2.21. The van der Waals surface area contributed by atoms with Crippen LogP contribution in [0.25, 0.3) is 27.4 Å². The average Bonchev–Trinajstić information content (AvgIpc) is 2.86. The molecular formula is C25H25NO2S. The Morgan fingerprint density at radius 1 is 1.14 bits per heavy atom. The molecule has 4 heteroatoms. The molecular weight excluding hydrogens is 378 g/mol. The largest absolute Gasteiger partial charge is 0.481 e. The zero-order valence-corrected chi connectivity index (χ0v) is 17.7. The van der Waals surface area contributed by atoms with E-state index in [1.165, 1.54) is 38.1 Å². The van der Waals surface area contributed by atoms with Crippen LogP contribution in [0.15, 0.2) is 42.5 Å². The molecule has 0 fully saturated rings. The number of allylic oxidation sites excluding steroid dienone is 3. The molecule has 148 valence electrons. The first kappa shape index (κ1) is 19.6. The summed E-state index contributed by atoms with van der Waals surface area (Å²) in [5, 5.41) is 10.2. The molecule has 3 aromatic rings. The molecule has 2 heterocycles. The third-order valence-corrected chi connectivity index (χ3v) is 6.59. The van der Waals surface area contributed by atoms with Crippen LogP contribution in [-0.2, 0) is 17.6 Å². The number of thiophene rings is 1. The number of aromatic nitrogens is 1. The van der Waals surface area contributed by atoms with Crippen LogP contribution in [0.4, 0.5) is 0 Å². The minimum atomic E-state index is -0.726. The van der Waals surface area contributed by atoms with E-state index in [9.17, 15) is 4.79 Å². The molecule has 0 saturated heterocycles. The number of nitrogens with zero attached hydrogens (tertiary/aromatic N) is 1. The van der Waals surface area contributed by atoms with E-state index in [1.54, 1.807) is 11.3 Å². The third-order valence-electron chi connectivity index (χ3n) is 5.50. The number of carboxylic acid groups (broad SMARTS) is 1. The minimum absolute atomic E-state index is 0.220. The number of unbranched alkanes of at least 4 members (excludes halogenated alkanes) is 1. The number of hydrogen-bond acceptors (Lipinski definition) is 3. The summed E-state index contributed by atoms with van der Waals surface area (Å²) in [4.78, 5) is 18.3. The molecule has 1 aromatic carbocycles. The van der Waals surface area contributed by atoms with Gasteiger partial charge in [0.2, 0.25) is 0 Å². The van der Waals surface area contributed by atoms with Crippen LogP contribution in [-0.4, -0.2) is 16.1 Å². The second-order valence-electron chi connectivity index (χ2n) is 7.63. The summed E-state index contributed by atoms with van der Waals surface area (Å²) in [7, 11) is 0. The molecule has 0 radical (unpaired) electrons. The van der Waals surface area contributed by atoms with E-state index in [1.807, 2.05) is 0 Å². The number of pyridine rings is 1. The molecule has 0 bridgehead atoms. The standard InChI is InChI=1S/C25H25NO2S/c1-16-12-14-18(15-13-16)23-19(8-6-7-11-22(27)28)17(2)26-25-24(23)20-9-4-3-5-10-21(20)29-25/h3-5,10,12-15H,6-9,11H2,1-2H3,(H,27,28). The van der Waals surface area contributed by atoms with Crippen molar-refractivity contribution in [2.45, 2.75) is 46.0 Å². The zero-order valence-electron chi connectivity index (χ0n) is 16.9. The molecule has 0 spiro atoms. The van der Waals surface area contributed by atoms with Crippen LogP contribution in [0.2, 0.25) is 0 Å². The van der Waals surface area contributed by atoms with Crippen molar-refractivity contribution in [3.05, 3.63) is 69.8 Å². The predicted octanol–water partition coefficient (Wildman–Crippen LogP) is 6.50. The zero-order chi connectivity index (χ0) is 20.4. The smallest absolute Gasteiger partial charge is 0.303 e. The molecule has 0 saturated carbocycles. The summed E-state index contributed by atoms with van der Waals surface area (Å²) < 4.78 is 0. The van der Waals surface area contributed by atoms with E-state index in [2.05, 4.69) is 62.4 Å². The van der Waals surface area contributed by atoms with Crippen molar-refractivity contribution in [3.8, 4) is 11.1 Å². The van der Waals surface area contributed by atoms with Crippen molar-refractivity contribution in [1.29, 1.82) is 0 Å². The Hall–Kier alpha value is -2.72. The number of carbonyl (C=O) groups is 1. The maximum Gasteiger partial charge on any atom is 0.303 e. The van der Waals surface area contributed by atoms with Gasteiger partial charge in [0.25, 0.3) is 0 Å². The summed E-state index contributed by atoms with van der Waals surface area (Å²) >= 11 is 1.76. The van der Waals surface area contributed by atoms with Crippen molar-refractivity contribution in [1.82, 2.24) is 4.98 Å². The van der Waals surface area contributed by atoms with Crippen molar-refractivity contribution < 1.29 is 9.90 Å². The number of benzene rings is 1. The Morgan fingerprint density at radius 3 is 2.69 bits per heavy atom. The Kier molecular flexibility index (Phi) is 5.63. The molecule has 4 rings (SSSR count). The van der Waals surface area contributed by atoms with E-state index in [-0.39, 0.29) is 6.42 Å². The van der Waals surface area contributed by atoms with Crippen molar-refractivity contribution >= 4 is 33.6 Å². The number of hydrogen-bond donors (Lipinski definition) is 1. The minimum Gasteiger partial charge on any atom is -0.481 e. The number of rotatable bonds is 6. The van der Waals surface area contributed by atoms with Gasteiger partial charge in [0.05, 0.1) is 0 Å². The van der Waals surface area contributed by atoms with E-state index in [4.69, 9.17) is 10.1 Å². The fourth-order valence-corrected chi connectivity index (χ4v) is 5.20.